The Morgan fingerprint density at radius 2 is 2.00 bits per heavy atom. The van der Waals surface area contributed by atoms with Crippen LogP contribution >= 0.6 is 0 Å². The summed E-state index contributed by atoms with van der Waals surface area (Å²) in [5, 5.41) is 3.12. The summed E-state index contributed by atoms with van der Waals surface area (Å²) in [7, 11) is 0. The van der Waals surface area contributed by atoms with Gasteiger partial charge in [0.2, 0.25) is 5.91 Å². The van der Waals surface area contributed by atoms with E-state index in [1.807, 2.05) is 32.0 Å². The summed E-state index contributed by atoms with van der Waals surface area (Å²) in [5.74, 6) is 0.153. The Morgan fingerprint density at radius 1 is 1.29 bits per heavy atom. The van der Waals surface area contributed by atoms with Crippen LogP contribution in [0.5, 0.6) is 0 Å². The third-order valence-corrected chi connectivity index (χ3v) is 4.43. The van der Waals surface area contributed by atoms with Crippen molar-refractivity contribution in [2.24, 2.45) is 0 Å². The lowest BCUT2D eigenvalue weighted by atomic mass is 9.98. The van der Waals surface area contributed by atoms with Crippen LogP contribution in [0.2, 0.25) is 0 Å². The van der Waals surface area contributed by atoms with Gasteiger partial charge in [-0.15, -0.1) is 0 Å². The Kier molecular flexibility index (Phi) is 5.80. The van der Waals surface area contributed by atoms with Gasteiger partial charge in [0.1, 0.15) is 0 Å². The molecule has 1 aromatic rings. The first kappa shape index (κ1) is 16.0. The van der Waals surface area contributed by atoms with Crippen molar-refractivity contribution < 1.29 is 4.79 Å². The minimum absolute atomic E-state index is 0.153. The lowest BCUT2D eigenvalue weighted by Gasteiger charge is -2.35. The van der Waals surface area contributed by atoms with Crippen molar-refractivity contribution in [3.63, 3.8) is 0 Å². The van der Waals surface area contributed by atoms with Crippen molar-refractivity contribution in [3.05, 3.63) is 29.3 Å². The van der Waals surface area contributed by atoms with E-state index >= 15 is 0 Å². The van der Waals surface area contributed by atoms with Crippen LogP contribution in [0.15, 0.2) is 18.2 Å². The smallest absolute Gasteiger partial charge is 0.225 e. The van der Waals surface area contributed by atoms with Crippen molar-refractivity contribution in [1.29, 1.82) is 0 Å². The molecule has 0 spiro atoms. The molecule has 1 atom stereocenters. The summed E-state index contributed by atoms with van der Waals surface area (Å²) >= 11 is 0. The van der Waals surface area contributed by atoms with Gasteiger partial charge >= 0.3 is 0 Å². The number of anilines is 1. The second-order valence-corrected chi connectivity index (χ2v) is 6.20. The second-order valence-electron chi connectivity index (χ2n) is 6.20. The molecule has 1 amide bonds. The number of aryl methyl sites for hydroxylation is 2. The third-order valence-electron chi connectivity index (χ3n) is 4.43. The molecule has 0 unspecified atom stereocenters. The van der Waals surface area contributed by atoms with Crippen molar-refractivity contribution in [2.45, 2.75) is 58.9 Å². The molecule has 3 nitrogen and oxygen atoms in total. The Balaban J connectivity index is 1.97. The van der Waals surface area contributed by atoms with Crippen LogP contribution in [-0.2, 0) is 4.79 Å². The molecule has 116 valence electrons. The number of rotatable bonds is 5. The number of carbonyl (C=O) groups is 1. The number of benzene rings is 1. The van der Waals surface area contributed by atoms with Crippen LogP contribution in [0.3, 0.4) is 0 Å². The van der Waals surface area contributed by atoms with Crippen LogP contribution < -0.4 is 5.32 Å². The lowest BCUT2D eigenvalue weighted by Crippen LogP contribution is -2.42. The molecule has 1 aliphatic heterocycles. The fourth-order valence-corrected chi connectivity index (χ4v) is 3.29. The average molecular weight is 288 g/mol. The summed E-state index contributed by atoms with van der Waals surface area (Å²) in [4.78, 5) is 14.9. The fraction of sp³-hybridized carbons (Fsp3) is 0.611. The molecule has 1 fully saturated rings. The van der Waals surface area contributed by atoms with Crippen molar-refractivity contribution in [3.8, 4) is 0 Å². The van der Waals surface area contributed by atoms with E-state index in [4.69, 9.17) is 0 Å². The van der Waals surface area contributed by atoms with E-state index in [-0.39, 0.29) is 5.91 Å². The first-order valence-corrected chi connectivity index (χ1v) is 8.22. The molecule has 1 heterocycles. The average Bonchev–Trinajstić information content (AvgIpc) is 2.45. The molecule has 0 saturated carbocycles. The molecule has 21 heavy (non-hydrogen) atoms. The maximum Gasteiger partial charge on any atom is 0.225 e. The second kappa shape index (κ2) is 7.60. The molecule has 0 aliphatic carbocycles. The van der Waals surface area contributed by atoms with Crippen LogP contribution in [0, 0.1) is 13.8 Å². The van der Waals surface area contributed by atoms with Crippen LogP contribution in [-0.4, -0.2) is 29.9 Å². The van der Waals surface area contributed by atoms with Gasteiger partial charge in [-0.3, -0.25) is 9.69 Å². The molecule has 1 saturated heterocycles. The maximum absolute atomic E-state index is 12.4. The lowest BCUT2D eigenvalue weighted by molar-refractivity contribution is -0.117. The normalized spacial score (nSPS) is 19.5. The zero-order valence-electron chi connectivity index (χ0n) is 13.6. The highest BCUT2D eigenvalue weighted by Crippen LogP contribution is 2.23. The Labute approximate surface area is 128 Å². The number of carbonyl (C=O) groups excluding carboxylic acids is 1. The number of likely N-dealkylation sites (tertiary alicyclic amines) is 1. The molecule has 0 aromatic heterocycles. The van der Waals surface area contributed by atoms with Gasteiger partial charge in [-0.1, -0.05) is 31.5 Å². The number of hydrogen-bond donors (Lipinski definition) is 1. The predicted octanol–water partition coefficient (Wildman–Crippen LogP) is 3.90. The number of amides is 1. The molecule has 0 bridgehead atoms. The molecule has 3 heteroatoms. The standard InChI is InChI=1S/C18H28N2O/c1-4-11-20-12-6-5-10-16(20)13-17(21)19-18-14(2)8-7-9-15(18)3/h7-9,16H,4-6,10-13H2,1-3H3,(H,19,21)/t16-/m0/s1. The Morgan fingerprint density at radius 3 is 2.67 bits per heavy atom. The number of para-hydroxylation sites is 1. The number of nitrogens with zero attached hydrogens (tertiary/aromatic N) is 1. The first-order valence-electron chi connectivity index (χ1n) is 8.22. The number of hydrogen-bond acceptors (Lipinski definition) is 2. The molecular formula is C18H28N2O. The Bertz CT molecular complexity index is 462. The van der Waals surface area contributed by atoms with Gasteiger partial charge in [-0.25, -0.2) is 0 Å². The van der Waals surface area contributed by atoms with Gasteiger partial charge in [0, 0.05) is 18.2 Å². The van der Waals surface area contributed by atoms with Crippen LogP contribution in [0.1, 0.15) is 50.2 Å². The molecular weight excluding hydrogens is 260 g/mol. The summed E-state index contributed by atoms with van der Waals surface area (Å²) in [6.45, 7) is 8.57. The molecule has 1 aliphatic rings. The summed E-state index contributed by atoms with van der Waals surface area (Å²) in [6.07, 6.45) is 5.46. The van der Waals surface area contributed by atoms with Crippen molar-refractivity contribution in [2.75, 3.05) is 18.4 Å². The summed E-state index contributed by atoms with van der Waals surface area (Å²) in [6, 6.07) is 6.55. The summed E-state index contributed by atoms with van der Waals surface area (Å²) in [5.41, 5.74) is 3.26. The fourth-order valence-electron chi connectivity index (χ4n) is 3.29. The zero-order chi connectivity index (χ0) is 15.2. The van der Waals surface area contributed by atoms with Crippen molar-refractivity contribution >= 4 is 11.6 Å². The van der Waals surface area contributed by atoms with E-state index in [0.717, 1.165) is 42.7 Å². The largest absolute Gasteiger partial charge is 0.326 e. The quantitative estimate of drug-likeness (QED) is 0.891. The Hall–Kier alpha value is -1.35. The predicted molar refractivity (Wildman–Crippen MR) is 88.7 cm³/mol. The van der Waals surface area contributed by atoms with E-state index in [0.29, 0.717) is 12.5 Å². The number of nitrogens with one attached hydrogen (secondary N) is 1. The van der Waals surface area contributed by atoms with Crippen molar-refractivity contribution in [1.82, 2.24) is 4.90 Å². The van der Waals surface area contributed by atoms with Gasteiger partial charge in [0.25, 0.3) is 0 Å². The van der Waals surface area contributed by atoms with Gasteiger partial charge < -0.3 is 5.32 Å². The molecule has 1 N–H and O–H groups in total. The van der Waals surface area contributed by atoms with E-state index < -0.39 is 0 Å². The van der Waals surface area contributed by atoms with Gasteiger partial charge in [0.15, 0.2) is 0 Å². The highest BCUT2D eigenvalue weighted by atomic mass is 16.1. The summed E-state index contributed by atoms with van der Waals surface area (Å²) < 4.78 is 0. The zero-order valence-corrected chi connectivity index (χ0v) is 13.6. The monoisotopic (exact) mass is 288 g/mol. The number of piperidine rings is 1. The highest BCUT2D eigenvalue weighted by Gasteiger charge is 2.24. The highest BCUT2D eigenvalue weighted by molar-refractivity contribution is 5.92. The third kappa shape index (κ3) is 4.31. The van der Waals surface area contributed by atoms with Crippen LogP contribution in [0.25, 0.3) is 0 Å². The minimum atomic E-state index is 0.153. The van der Waals surface area contributed by atoms with Gasteiger partial charge in [-0.05, 0) is 57.3 Å². The van der Waals surface area contributed by atoms with Gasteiger partial charge in [-0.2, -0.15) is 0 Å². The molecule has 1 aromatic carbocycles. The van der Waals surface area contributed by atoms with E-state index in [9.17, 15) is 4.79 Å². The first-order chi connectivity index (χ1) is 10.1. The van der Waals surface area contributed by atoms with E-state index in [2.05, 4.69) is 17.1 Å². The van der Waals surface area contributed by atoms with E-state index in [1.165, 1.54) is 12.8 Å². The molecule has 2 rings (SSSR count). The SMILES string of the molecule is CCCN1CCCC[C@H]1CC(=O)Nc1c(C)cccc1C. The topological polar surface area (TPSA) is 32.3 Å². The van der Waals surface area contributed by atoms with Gasteiger partial charge in [0.05, 0.1) is 0 Å². The van der Waals surface area contributed by atoms with E-state index in [1.54, 1.807) is 0 Å². The minimum Gasteiger partial charge on any atom is -0.326 e. The maximum atomic E-state index is 12.4. The van der Waals surface area contributed by atoms with Crippen LogP contribution in [0.4, 0.5) is 5.69 Å². The molecule has 0 radical (unpaired) electrons.